The van der Waals surface area contributed by atoms with Crippen LogP contribution in [-0.4, -0.2) is 38.1 Å². The van der Waals surface area contributed by atoms with Crippen LogP contribution in [0.15, 0.2) is 0 Å². The highest BCUT2D eigenvalue weighted by atomic mass is 16.6. The normalized spacial score (nSPS) is 15.9. The number of amides is 1. The molecule has 0 saturated heterocycles. The zero-order valence-electron chi connectivity index (χ0n) is 11.7. The van der Waals surface area contributed by atoms with Crippen molar-refractivity contribution < 1.29 is 9.53 Å². The van der Waals surface area contributed by atoms with Gasteiger partial charge in [0.2, 0.25) is 0 Å². The minimum absolute atomic E-state index is 0.301. The fourth-order valence-corrected chi connectivity index (χ4v) is 2.03. The fraction of sp³-hybridized carbons (Fsp3) is 0.750. The van der Waals surface area contributed by atoms with Crippen molar-refractivity contribution in [3.05, 3.63) is 11.4 Å². The summed E-state index contributed by atoms with van der Waals surface area (Å²) < 4.78 is 7.23. The van der Waals surface area contributed by atoms with Gasteiger partial charge in [-0.3, -0.25) is 0 Å². The zero-order chi connectivity index (χ0) is 14.0. The van der Waals surface area contributed by atoms with Gasteiger partial charge in [0, 0.05) is 19.6 Å². The molecule has 19 heavy (non-hydrogen) atoms. The Morgan fingerprint density at radius 2 is 2.16 bits per heavy atom. The second kappa shape index (κ2) is 5.16. The van der Waals surface area contributed by atoms with Crippen LogP contribution in [0.25, 0.3) is 0 Å². The van der Waals surface area contributed by atoms with E-state index in [1.165, 1.54) is 0 Å². The number of ether oxygens (including phenoxy) is 1. The van der Waals surface area contributed by atoms with Crippen LogP contribution >= 0.6 is 0 Å². The first kappa shape index (κ1) is 13.8. The molecule has 1 aromatic rings. The maximum atomic E-state index is 12.1. The number of carbonyl (C=O) groups is 1. The summed E-state index contributed by atoms with van der Waals surface area (Å²) >= 11 is 0. The predicted molar refractivity (Wildman–Crippen MR) is 69.2 cm³/mol. The molecule has 1 amide bonds. The summed E-state index contributed by atoms with van der Waals surface area (Å²) in [5, 5.41) is 8.10. The standard InChI is InChI=1S/C12H21N5O2/c1-12(2,3)19-11(18)16-5-4-6-17-10(8-16)9(7-13)14-15-17/h4-8,13H2,1-3H3. The topological polar surface area (TPSA) is 86.3 Å². The molecule has 0 spiro atoms. The van der Waals surface area contributed by atoms with E-state index in [-0.39, 0.29) is 6.09 Å². The van der Waals surface area contributed by atoms with E-state index in [9.17, 15) is 4.79 Å². The summed E-state index contributed by atoms with van der Waals surface area (Å²) in [6, 6.07) is 0. The second-order valence-electron chi connectivity index (χ2n) is 5.67. The van der Waals surface area contributed by atoms with Crippen LogP contribution in [0, 0.1) is 0 Å². The van der Waals surface area contributed by atoms with Crippen LogP contribution in [-0.2, 0) is 24.4 Å². The fourth-order valence-electron chi connectivity index (χ4n) is 2.03. The Morgan fingerprint density at radius 1 is 1.42 bits per heavy atom. The predicted octanol–water partition coefficient (Wildman–Crippen LogP) is 0.878. The molecule has 2 N–H and O–H groups in total. The number of aromatic nitrogens is 3. The zero-order valence-corrected chi connectivity index (χ0v) is 11.7. The first-order chi connectivity index (χ1) is 8.90. The van der Waals surface area contributed by atoms with Gasteiger partial charge < -0.3 is 15.4 Å². The molecule has 0 aromatic carbocycles. The molecule has 7 heteroatoms. The van der Waals surface area contributed by atoms with E-state index < -0.39 is 5.60 Å². The lowest BCUT2D eigenvalue weighted by molar-refractivity contribution is 0.0236. The van der Waals surface area contributed by atoms with E-state index in [1.54, 1.807) is 4.90 Å². The number of hydrogen-bond donors (Lipinski definition) is 1. The number of hydrogen-bond acceptors (Lipinski definition) is 5. The Labute approximate surface area is 112 Å². The molecular formula is C12H21N5O2. The molecule has 0 fully saturated rings. The van der Waals surface area contributed by atoms with Crippen LogP contribution in [0.5, 0.6) is 0 Å². The number of fused-ring (bicyclic) bond motifs is 1. The third kappa shape index (κ3) is 3.23. The van der Waals surface area contributed by atoms with Crippen LogP contribution < -0.4 is 5.73 Å². The molecule has 1 aromatic heterocycles. The number of nitrogens with two attached hydrogens (primary N) is 1. The summed E-state index contributed by atoms with van der Waals surface area (Å²) in [7, 11) is 0. The third-order valence-electron chi connectivity index (χ3n) is 2.90. The van der Waals surface area contributed by atoms with Crippen molar-refractivity contribution in [2.45, 2.75) is 52.4 Å². The van der Waals surface area contributed by atoms with Gasteiger partial charge in [-0.25, -0.2) is 9.48 Å². The molecule has 0 radical (unpaired) electrons. The highest BCUT2D eigenvalue weighted by Crippen LogP contribution is 2.17. The van der Waals surface area contributed by atoms with Gasteiger partial charge in [-0.1, -0.05) is 5.21 Å². The quantitative estimate of drug-likeness (QED) is 0.816. The van der Waals surface area contributed by atoms with Crippen molar-refractivity contribution in [2.24, 2.45) is 5.73 Å². The molecule has 2 rings (SSSR count). The lowest BCUT2D eigenvalue weighted by Crippen LogP contribution is -2.36. The number of carbonyl (C=O) groups excluding carboxylic acids is 1. The SMILES string of the molecule is CC(C)(C)OC(=O)N1CCCn2nnc(CN)c2C1. The van der Waals surface area contributed by atoms with Crippen LogP contribution in [0.1, 0.15) is 38.6 Å². The first-order valence-corrected chi connectivity index (χ1v) is 6.50. The van der Waals surface area contributed by atoms with Gasteiger partial charge >= 0.3 is 6.09 Å². The Balaban J connectivity index is 2.14. The van der Waals surface area contributed by atoms with E-state index in [4.69, 9.17) is 10.5 Å². The van der Waals surface area contributed by atoms with Crippen molar-refractivity contribution in [2.75, 3.05) is 6.54 Å². The molecule has 1 aliphatic heterocycles. The monoisotopic (exact) mass is 267 g/mol. The molecule has 7 nitrogen and oxygen atoms in total. The van der Waals surface area contributed by atoms with Crippen molar-refractivity contribution in [3.63, 3.8) is 0 Å². The summed E-state index contributed by atoms with van der Waals surface area (Å²) in [4.78, 5) is 13.8. The molecule has 0 saturated carbocycles. The van der Waals surface area contributed by atoms with Gasteiger partial charge in [0.1, 0.15) is 11.3 Å². The van der Waals surface area contributed by atoms with Gasteiger partial charge in [-0.2, -0.15) is 0 Å². The number of rotatable bonds is 1. The average Bonchev–Trinajstić information content (AvgIpc) is 2.55. The first-order valence-electron chi connectivity index (χ1n) is 6.50. The number of nitrogens with zero attached hydrogens (tertiary/aromatic N) is 4. The van der Waals surface area contributed by atoms with E-state index in [0.29, 0.717) is 19.6 Å². The van der Waals surface area contributed by atoms with Crippen molar-refractivity contribution in [1.82, 2.24) is 19.9 Å². The molecular weight excluding hydrogens is 246 g/mol. The molecule has 0 aliphatic carbocycles. The van der Waals surface area contributed by atoms with Crippen LogP contribution in [0.2, 0.25) is 0 Å². The Bertz CT molecular complexity index is 463. The summed E-state index contributed by atoms with van der Waals surface area (Å²) in [5.41, 5.74) is 6.81. The smallest absolute Gasteiger partial charge is 0.410 e. The molecule has 0 unspecified atom stereocenters. The third-order valence-corrected chi connectivity index (χ3v) is 2.90. The molecule has 0 atom stereocenters. The van der Waals surface area contributed by atoms with Gasteiger partial charge in [0.15, 0.2) is 0 Å². The second-order valence-corrected chi connectivity index (χ2v) is 5.67. The minimum Gasteiger partial charge on any atom is -0.444 e. The van der Waals surface area contributed by atoms with Crippen molar-refractivity contribution in [1.29, 1.82) is 0 Å². The molecule has 1 aliphatic rings. The Hall–Kier alpha value is -1.63. The van der Waals surface area contributed by atoms with Crippen molar-refractivity contribution in [3.8, 4) is 0 Å². The van der Waals surface area contributed by atoms with E-state index >= 15 is 0 Å². The van der Waals surface area contributed by atoms with E-state index in [2.05, 4.69) is 10.3 Å². The summed E-state index contributed by atoms with van der Waals surface area (Å²) in [6.07, 6.45) is 0.532. The largest absolute Gasteiger partial charge is 0.444 e. The Kier molecular flexibility index (Phi) is 3.75. The number of aryl methyl sites for hydroxylation is 1. The highest BCUT2D eigenvalue weighted by molar-refractivity contribution is 5.68. The van der Waals surface area contributed by atoms with Gasteiger partial charge in [-0.05, 0) is 27.2 Å². The summed E-state index contributed by atoms with van der Waals surface area (Å²) in [5.74, 6) is 0. The molecule has 2 heterocycles. The molecule has 0 bridgehead atoms. The maximum Gasteiger partial charge on any atom is 0.410 e. The lowest BCUT2D eigenvalue weighted by atomic mass is 10.2. The summed E-state index contributed by atoms with van der Waals surface area (Å²) in [6.45, 7) is 7.77. The van der Waals surface area contributed by atoms with E-state index in [0.717, 1.165) is 24.4 Å². The molecule has 106 valence electrons. The van der Waals surface area contributed by atoms with Crippen molar-refractivity contribution >= 4 is 6.09 Å². The van der Waals surface area contributed by atoms with E-state index in [1.807, 2.05) is 25.5 Å². The minimum atomic E-state index is -0.488. The average molecular weight is 267 g/mol. The van der Waals surface area contributed by atoms with Gasteiger partial charge in [0.05, 0.1) is 12.2 Å². The van der Waals surface area contributed by atoms with Gasteiger partial charge in [-0.15, -0.1) is 5.10 Å². The van der Waals surface area contributed by atoms with Crippen LogP contribution in [0.3, 0.4) is 0 Å². The lowest BCUT2D eigenvalue weighted by Gasteiger charge is -2.26. The maximum absolute atomic E-state index is 12.1. The Morgan fingerprint density at radius 3 is 2.79 bits per heavy atom. The highest BCUT2D eigenvalue weighted by Gasteiger charge is 2.26. The van der Waals surface area contributed by atoms with Gasteiger partial charge in [0.25, 0.3) is 0 Å². The van der Waals surface area contributed by atoms with Crippen LogP contribution in [0.4, 0.5) is 4.79 Å².